The Bertz CT molecular complexity index is 723. The van der Waals surface area contributed by atoms with Gasteiger partial charge in [-0.15, -0.1) is 0 Å². The maximum atomic E-state index is 12.3. The highest BCUT2D eigenvalue weighted by Crippen LogP contribution is 2.31. The molecule has 0 aromatic heterocycles. The van der Waals surface area contributed by atoms with Crippen LogP contribution in [0.25, 0.3) is 0 Å². The molecule has 2 N–H and O–H groups in total. The topological polar surface area (TPSA) is 41.1 Å². The zero-order chi connectivity index (χ0) is 17.1. The number of amides is 1. The van der Waals surface area contributed by atoms with E-state index in [9.17, 15) is 4.79 Å². The first-order chi connectivity index (χ1) is 11.5. The third kappa shape index (κ3) is 4.00. The highest BCUT2D eigenvalue weighted by atomic mass is 32.2. The van der Waals surface area contributed by atoms with Crippen LogP contribution in [0.15, 0.2) is 52.3 Å². The van der Waals surface area contributed by atoms with Crippen LogP contribution < -0.4 is 10.6 Å². The van der Waals surface area contributed by atoms with Crippen LogP contribution in [-0.2, 0) is 4.79 Å². The molecular formula is C20H24N2OS. The third-order valence-corrected chi connectivity index (χ3v) is 5.80. The molecule has 1 aliphatic rings. The van der Waals surface area contributed by atoms with Gasteiger partial charge in [0.2, 0.25) is 5.91 Å². The molecule has 0 spiro atoms. The normalized spacial score (nSPS) is 15.6. The molecule has 4 heteroatoms. The minimum Gasteiger partial charge on any atom is -0.326 e. The van der Waals surface area contributed by atoms with Crippen molar-refractivity contribution in [1.82, 2.24) is 5.32 Å². The summed E-state index contributed by atoms with van der Waals surface area (Å²) in [6.07, 6.45) is 0. The van der Waals surface area contributed by atoms with Gasteiger partial charge in [-0.3, -0.25) is 4.79 Å². The molecule has 1 atom stereocenters. The standard InChI is InChI=1S/C20H24N2OS/c1-13-4-9-19(14(2)10-13)24-18-7-5-17(6-8-18)22-20(23)15(3)16-11-21-12-16/h4-10,15-16,21H,11-12H2,1-3H3,(H,22,23). The van der Waals surface area contributed by atoms with Crippen LogP contribution in [-0.4, -0.2) is 19.0 Å². The van der Waals surface area contributed by atoms with Crippen molar-refractivity contribution in [1.29, 1.82) is 0 Å². The number of carbonyl (C=O) groups excluding carboxylic acids is 1. The van der Waals surface area contributed by atoms with Crippen LogP contribution in [0.1, 0.15) is 18.1 Å². The number of nitrogens with one attached hydrogen (secondary N) is 2. The van der Waals surface area contributed by atoms with Crippen molar-refractivity contribution in [3.63, 3.8) is 0 Å². The molecule has 0 radical (unpaired) electrons. The van der Waals surface area contributed by atoms with Crippen molar-refractivity contribution in [2.24, 2.45) is 11.8 Å². The van der Waals surface area contributed by atoms with Gasteiger partial charge in [0.05, 0.1) is 0 Å². The highest BCUT2D eigenvalue weighted by molar-refractivity contribution is 7.99. The fourth-order valence-electron chi connectivity index (χ4n) is 2.78. The minimum absolute atomic E-state index is 0.0514. The van der Waals surface area contributed by atoms with Gasteiger partial charge in [-0.2, -0.15) is 0 Å². The predicted molar refractivity (Wildman–Crippen MR) is 101 cm³/mol. The smallest absolute Gasteiger partial charge is 0.227 e. The molecule has 1 heterocycles. The number of rotatable bonds is 5. The Morgan fingerprint density at radius 1 is 1.17 bits per heavy atom. The van der Waals surface area contributed by atoms with Gasteiger partial charge < -0.3 is 10.6 Å². The molecule has 1 saturated heterocycles. The van der Waals surface area contributed by atoms with E-state index in [4.69, 9.17) is 0 Å². The summed E-state index contributed by atoms with van der Waals surface area (Å²) in [5, 5.41) is 6.24. The molecule has 1 unspecified atom stereocenters. The number of benzene rings is 2. The van der Waals surface area contributed by atoms with E-state index in [1.807, 2.05) is 19.1 Å². The van der Waals surface area contributed by atoms with E-state index in [-0.39, 0.29) is 11.8 Å². The van der Waals surface area contributed by atoms with Crippen LogP contribution in [0.2, 0.25) is 0 Å². The fourth-order valence-corrected chi connectivity index (χ4v) is 3.66. The first-order valence-electron chi connectivity index (χ1n) is 8.39. The molecule has 24 heavy (non-hydrogen) atoms. The number of carbonyl (C=O) groups is 1. The Labute approximate surface area is 148 Å². The lowest BCUT2D eigenvalue weighted by Crippen LogP contribution is -2.48. The van der Waals surface area contributed by atoms with Crippen molar-refractivity contribution < 1.29 is 4.79 Å². The molecule has 1 fully saturated rings. The molecule has 3 nitrogen and oxygen atoms in total. The average molecular weight is 340 g/mol. The number of hydrogen-bond donors (Lipinski definition) is 2. The summed E-state index contributed by atoms with van der Waals surface area (Å²) in [6.45, 7) is 8.14. The molecule has 0 saturated carbocycles. The maximum absolute atomic E-state index is 12.3. The summed E-state index contributed by atoms with van der Waals surface area (Å²) in [5.74, 6) is 0.621. The lowest BCUT2D eigenvalue weighted by Gasteiger charge is -2.31. The summed E-state index contributed by atoms with van der Waals surface area (Å²) in [5.41, 5.74) is 3.44. The van der Waals surface area contributed by atoms with Gasteiger partial charge in [0.15, 0.2) is 0 Å². The van der Waals surface area contributed by atoms with E-state index in [0.29, 0.717) is 5.92 Å². The van der Waals surface area contributed by atoms with E-state index >= 15 is 0 Å². The van der Waals surface area contributed by atoms with Gasteiger partial charge >= 0.3 is 0 Å². The zero-order valence-corrected chi connectivity index (χ0v) is 15.2. The van der Waals surface area contributed by atoms with E-state index in [1.165, 1.54) is 20.9 Å². The van der Waals surface area contributed by atoms with Crippen LogP contribution in [0.4, 0.5) is 5.69 Å². The molecule has 0 bridgehead atoms. The monoisotopic (exact) mass is 340 g/mol. The summed E-state index contributed by atoms with van der Waals surface area (Å²) >= 11 is 1.75. The molecule has 0 aliphatic carbocycles. The van der Waals surface area contributed by atoms with Crippen LogP contribution in [0.3, 0.4) is 0 Å². The van der Waals surface area contributed by atoms with Crippen molar-refractivity contribution in [3.05, 3.63) is 53.6 Å². The lowest BCUT2D eigenvalue weighted by atomic mass is 9.88. The Morgan fingerprint density at radius 3 is 2.46 bits per heavy atom. The second-order valence-electron chi connectivity index (χ2n) is 6.59. The van der Waals surface area contributed by atoms with Gasteiger partial charge in [0.25, 0.3) is 0 Å². The highest BCUT2D eigenvalue weighted by Gasteiger charge is 2.28. The first-order valence-corrected chi connectivity index (χ1v) is 9.21. The largest absolute Gasteiger partial charge is 0.326 e. The molecule has 1 amide bonds. The third-order valence-electron chi connectivity index (χ3n) is 4.61. The quantitative estimate of drug-likeness (QED) is 0.855. The lowest BCUT2D eigenvalue weighted by molar-refractivity contribution is -0.121. The van der Waals surface area contributed by atoms with E-state index < -0.39 is 0 Å². The predicted octanol–water partition coefficient (Wildman–Crippen LogP) is 4.25. The van der Waals surface area contributed by atoms with Gasteiger partial charge in [-0.25, -0.2) is 0 Å². The van der Waals surface area contributed by atoms with Crippen LogP contribution >= 0.6 is 11.8 Å². The van der Waals surface area contributed by atoms with Crippen molar-refractivity contribution in [2.45, 2.75) is 30.6 Å². The van der Waals surface area contributed by atoms with Gasteiger partial charge in [-0.1, -0.05) is 36.4 Å². The van der Waals surface area contributed by atoms with E-state index in [2.05, 4.69) is 54.8 Å². The Balaban J connectivity index is 1.61. The number of anilines is 1. The molecule has 3 rings (SSSR count). The Hall–Kier alpha value is -1.78. The average Bonchev–Trinajstić information content (AvgIpc) is 2.50. The minimum atomic E-state index is 0.0514. The summed E-state index contributed by atoms with van der Waals surface area (Å²) in [6, 6.07) is 14.6. The van der Waals surface area contributed by atoms with Crippen molar-refractivity contribution >= 4 is 23.4 Å². The van der Waals surface area contributed by atoms with E-state index in [0.717, 1.165) is 18.8 Å². The van der Waals surface area contributed by atoms with Gasteiger partial charge in [-0.05, 0) is 68.8 Å². The van der Waals surface area contributed by atoms with Gasteiger partial charge in [0, 0.05) is 21.4 Å². The van der Waals surface area contributed by atoms with Crippen molar-refractivity contribution in [3.8, 4) is 0 Å². The molecule has 1 aliphatic heterocycles. The van der Waals surface area contributed by atoms with Crippen LogP contribution in [0, 0.1) is 25.7 Å². The maximum Gasteiger partial charge on any atom is 0.227 e. The summed E-state index contributed by atoms with van der Waals surface area (Å²) in [4.78, 5) is 14.7. The number of hydrogen-bond acceptors (Lipinski definition) is 3. The fraction of sp³-hybridized carbons (Fsp3) is 0.350. The molecule has 126 valence electrons. The molecule has 2 aromatic rings. The zero-order valence-electron chi connectivity index (χ0n) is 14.4. The second kappa shape index (κ2) is 7.41. The Kier molecular flexibility index (Phi) is 5.27. The Morgan fingerprint density at radius 2 is 1.88 bits per heavy atom. The SMILES string of the molecule is Cc1ccc(Sc2ccc(NC(=O)C(C)C3CNC3)cc2)c(C)c1. The molecular weight excluding hydrogens is 316 g/mol. The first kappa shape index (κ1) is 17.1. The second-order valence-corrected chi connectivity index (χ2v) is 7.71. The summed E-state index contributed by atoms with van der Waals surface area (Å²) < 4.78 is 0. The molecule has 2 aromatic carbocycles. The van der Waals surface area contributed by atoms with Crippen molar-refractivity contribution in [2.75, 3.05) is 18.4 Å². The van der Waals surface area contributed by atoms with Crippen LogP contribution in [0.5, 0.6) is 0 Å². The summed E-state index contributed by atoms with van der Waals surface area (Å²) in [7, 11) is 0. The number of aryl methyl sites for hydroxylation is 2. The van der Waals surface area contributed by atoms with Gasteiger partial charge in [0.1, 0.15) is 0 Å². The van der Waals surface area contributed by atoms with E-state index in [1.54, 1.807) is 11.8 Å².